The molecule has 1 aromatic carbocycles. The number of anilines is 1. The Hall–Kier alpha value is -2.81. The molecule has 3 aromatic rings. The number of benzene rings is 1. The third kappa shape index (κ3) is 7.08. The van der Waals surface area contributed by atoms with E-state index in [2.05, 4.69) is 48.4 Å². The van der Waals surface area contributed by atoms with Crippen LogP contribution in [-0.2, 0) is 6.54 Å². The molecule has 0 saturated heterocycles. The molecule has 0 unspecified atom stereocenters. The fraction of sp³-hybridized carbons (Fsp3) is 0.500. The van der Waals surface area contributed by atoms with Crippen LogP contribution in [0.25, 0.3) is 11.0 Å². The lowest BCUT2D eigenvalue weighted by Gasteiger charge is -2.11. The van der Waals surface area contributed by atoms with Crippen LogP contribution in [0.15, 0.2) is 35.6 Å². The Morgan fingerprint density at radius 1 is 1.18 bits per heavy atom. The number of nitrogens with zero attached hydrogens (tertiary/aromatic N) is 4. The molecule has 0 spiro atoms. The number of rotatable bonds is 13. The van der Waals surface area contributed by atoms with Crippen molar-refractivity contribution in [3.05, 3.63) is 36.0 Å². The lowest BCUT2D eigenvalue weighted by Crippen LogP contribution is -2.27. The topological polar surface area (TPSA) is 94.0 Å². The van der Waals surface area contributed by atoms with Gasteiger partial charge in [-0.05, 0) is 42.4 Å². The number of aromatic nitrogens is 4. The third-order valence-corrected chi connectivity index (χ3v) is 5.65. The van der Waals surface area contributed by atoms with E-state index in [0.29, 0.717) is 31.2 Å². The highest BCUT2D eigenvalue weighted by Gasteiger charge is 2.14. The predicted molar refractivity (Wildman–Crippen MR) is 134 cm³/mol. The maximum Gasteiger partial charge on any atom is 0.251 e. The number of hydrogen-bond donors (Lipinski definition) is 2. The number of unbranched alkanes of at least 4 members (excludes halogenated alkanes) is 1. The average Bonchev–Trinajstić information content (AvgIpc) is 3.21. The highest BCUT2D eigenvalue weighted by molar-refractivity contribution is 7.99. The van der Waals surface area contributed by atoms with Crippen molar-refractivity contribution in [3.8, 4) is 5.75 Å². The van der Waals surface area contributed by atoms with Crippen molar-refractivity contribution >= 4 is 34.5 Å². The van der Waals surface area contributed by atoms with Gasteiger partial charge in [0.2, 0.25) is 0 Å². The third-order valence-electron chi connectivity index (χ3n) is 4.92. The average molecular weight is 471 g/mol. The highest BCUT2D eigenvalue weighted by atomic mass is 32.2. The quantitative estimate of drug-likeness (QED) is 0.214. The molecule has 0 aliphatic heterocycles. The first-order chi connectivity index (χ1) is 16.0. The summed E-state index contributed by atoms with van der Waals surface area (Å²) >= 11 is 1.60. The van der Waals surface area contributed by atoms with E-state index >= 15 is 0 Å². The van der Waals surface area contributed by atoms with E-state index in [4.69, 9.17) is 9.72 Å². The van der Waals surface area contributed by atoms with Crippen LogP contribution in [0.1, 0.15) is 50.9 Å². The number of carbonyl (C=O) groups excluding carboxylic acids is 1. The summed E-state index contributed by atoms with van der Waals surface area (Å²) in [5.41, 5.74) is 1.38. The molecule has 0 radical (unpaired) electrons. The van der Waals surface area contributed by atoms with Gasteiger partial charge in [0.05, 0.1) is 24.7 Å². The Balaban J connectivity index is 1.63. The minimum atomic E-state index is -0.122. The smallest absolute Gasteiger partial charge is 0.251 e. The standard InChI is InChI=1S/C24H34N6O2S/c1-5-7-14-32-19-10-8-18(9-11-19)23(31)25-12-13-30-22-20(16-27-30)21(26-15-17(3)4)28-24(29-22)33-6-2/h8-11,16-17H,5-7,12-15H2,1-4H3,(H,25,31)(H,26,28,29). The molecule has 0 atom stereocenters. The molecular weight excluding hydrogens is 436 g/mol. The molecule has 3 rings (SSSR count). The fourth-order valence-corrected chi connectivity index (χ4v) is 3.71. The van der Waals surface area contributed by atoms with E-state index in [9.17, 15) is 4.79 Å². The summed E-state index contributed by atoms with van der Waals surface area (Å²) in [6.45, 7) is 11.0. The van der Waals surface area contributed by atoms with Crippen LogP contribution in [0.5, 0.6) is 5.75 Å². The van der Waals surface area contributed by atoms with Crippen molar-refractivity contribution in [1.29, 1.82) is 0 Å². The van der Waals surface area contributed by atoms with Crippen LogP contribution in [0, 0.1) is 5.92 Å². The van der Waals surface area contributed by atoms with Crippen LogP contribution in [0.3, 0.4) is 0 Å². The van der Waals surface area contributed by atoms with Crippen molar-refractivity contribution in [2.24, 2.45) is 5.92 Å². The summed E-state index contributed by atoms with van der Waals surface area (Å²) in [5, 5.41) is 12.5. The minimum absolute atomic E-state index is 0.122. The molecule has 0 aliphatic carbocycles. The number of carbonyl (C=O) groups is 1. The first kappa shape index (κ1) is 24.8. The number of nitrogens with one attached hydrogen (secondary N) is 2. The largest absolute Gasteiger partial charge is 0.494 e. The summed E-state index contributed by atoms with van der Waals surface area (Å²) in [6, 6.07) is 7.24. The van der Waals surface area contributed by atoms with E-state index < -0.39 is 0 Å². The van der Waals surface area contributed by atoms with Gasteiger partial charge in [-0.15, -0.1) is 0 Å². The molecular formula is C24H34N6O2S. The molecule has 0 saturated carbocycles. The van der Waals surface area contributed by atoms with Gasteiger partial charge in [0.1, 0.15) is 11.6 Å². The van der Waals surface area contributed by atoms with Gasteiger partial charge in [-0.3, -0.25) is 4.79 Å². The van der Waals surface area contributed by atoms with Gasteiger partial charge in [0, 0.05) is 18.7 Å². The first-order valence-corrected chi connectivity index (χ1v) is 12.6. The van der Waals surface area contributed by atoms with Crippen LogP contribution in [-0.4, -0.2) is 51.1 Å². The van der Waals surface area contributed by atoms with Gasteiger partial charge < -0.3 is 15.4 Å². The SMILES string of the molecule is CCCCOc1ccc(C(=O)NCCn2ncc3c(NCC(C)C)nc(SCC)nc32)cc1. The Labute approximate surface area is 199 Å². The van der Waals surface area contributed by atoms with E-state index in [1.54, 1.807) is 30.1 Å². The van der Waals surface area contributed by atoms with Gasteiger partial charge in [-0.1, -0.05) is 45.9 Å². The molecule has 2 N–H and O–H groups in total. The summed E-state index contributed by atoms with van der Waals surface area (Å²) < 4.78 is 7.48. The van der Waals surface area contributed by atoms with Gasteiger partial charge in [0.15, 0.2) is 10.8 Å². The maximum atomic E-state index is 12.5. The number of fused-ring (bicyclic) bond motifs is 1. The molecule has 0 bridgehead atoms. The highest BCUT2D eigenvalue weighted by Crippen LogP contribution is 2.24. The van der Waals surface area contributed by atoms with Crippen molar-refractivity contribution in [2.45, 2.75) is 52.2 Å². The summed E-state index contributed by atoms with van der Waals surface area (Å²) in [7, 11) is 0. The molecule has 1 amide bonds. The first-order valence-electron chi connectivity index (χ1n) is 11.6. The predicted octanol–water partition coefficient (Wildman–Crippen LogP) is 4.62. The number of amides is 1. The van der Waals surface area contributed by atoms with Gasteiger partial charge in [-0.2, -0.15) is 5.10 Å². The molecule has 9 heteroatoms. The lowest BCUT2D eigenvalue weighted by molar-refractivity contribution is 0.0952. The fourth-order valence-electron chi connectivity index (χ4n) is 3.14. The van der Waals surface area contributed by atoms with Crippen LogP contribution in [0.4, 0.5) is 5.82 Å². The van der Waals surface area contributed by atoms with Crippen LogP contribution in [0.2, 0.25) is 0 Å². The zero-order chi connectivity index (χ0) is 23.6. The zero-order valence-electron chi connectivity index (χ0n) is 19.9. The second-order valence-electron chi connectivity index (χ2n) is 8.15. The van der Waals surface area contributed by atoms with Crippen LogP contribution >= 0.6 is 11.8 Å². The van der Waals surface area contributed by atoms with Gasteiger partial charge in [0.25, 0.3) is 5.91 Å². The molecule has 2 aromatic heterocycles. The zero-order valence-corrected chi connectivity index (χ0v) is 20.7. The molecule has 0 fully saturated rings. The summed E-state index contributed by atoms with van der Waals surface area (Å²) in [4.78, 5) is 21.9. The second kappa shape index (κ2) is 12.4. The number of ether oxygens (including phenoxy) is 1. The Bertz CT molecular complexity index is 1040. The van der Waals surface area contributed by atoms with Crippen molar-refractivity contribution in [1.82, 2.24) is 25.1 Å². The van der Waals surface area contributed by atoms with E-state index in [1.165, 1.54) is 0 Å². The molecule has 2 heterocycles. The van der Waals surface area contributed by atoms with Gasteiger partial charge in [-0.25, -0.2) is 14.6 Å². The number of hydrogen-bond acceptors (Lipinski definition) is 7. The second-order valence-corrected chi connectivity index (χ2v) is 9.38. The summed E-state index contributed by atoms with van der Waals surface area (Å²) in [6.07, 6.45) is 3.90. The minimum Gasteiger partial charge on any atom is -0.494 e. The number of thioether (sulfide) groups is 1. The van der Waals surface area contributed by atoms with Gasteiger partial charge >= 0.3 is 0 Å². The van der Waals surface area contributed by atoms with E-state index in [1.807, 2.05) is 16.8 Å². The maximum absolute atomic E-state index is 12.5. The van der Waals surface area contributed by atoms with E-state index in [0.717, 1.165) is 52.9 Å². The lowest BCUT2D eigenvalue weighted by atomic mass is 10.2. The monoisotopic (exact) mass is 470 g/mol. The van der Waals surface area contributed by atoms with Crippen LogP contribution < -0.4 is 15.4 Å². The van der Waals surface area contributed by atoms with Crippen molar-refractivity contribution in [2.75, 3.05) is 30.8 Å². The molecule has 178 valence electrons. The summed E-state index contributed by atoms with van der Waals surface area (Å²) in [5.74, 6) is 2.86. The molecule has 8 nitrogen and oxygen atoms in total. The Kier molecular flexibility index (Phi) is 9.35. The van der Waals surface area contributed by atoms with Crippen molar-refractivity contribution in [3.63, 3.8) is 0 Å². The van der Waals surface area contributed by atoms with Crippen molar-refractivity contribution < 1.29 is 9.53 Å². The Morgan fingerprint density at radius 3 is 2.67 bits per heavy atom. The molecule has 33 heavy (non-hydrogen) atoms. The normalized spacial score (nSPS) is 11.2. The Morgan fingerprint density at radius 2 is 1.97 bits per heavy atom. The molecule has 0 aliphatic rings. The van der Waals surface area contributed by atoms with E-state index in [-0.39, 0.29) is 5.91 Å².